The molecule has 1 aliphatic carbocycles. The maximum absolute atomic E-state index is 12.7. The summed E-state index contributed by atoms with van der Waals surface area (Å²) in [6.45, 7) is 3.17. The highest BCUT2D eigenvalue weighted by Crippen LogP contribution is 2.26. The molecule has 0 aromatic heterocycles. The molecule has 3 fully saturated rings. The van der Waals surface area contributed by atoms with Gasteiger partial charge >= 0.3 is 6.03 Å². The summed E-state index contributed by atoms with van der Waals surface area (Å²) < 4.78 is 0. The van der Waals surface area contributed by atoms with Crippen LogP contribution in [0.2, 0.25) is 0 Å². The minimum atomic E-state index is -0.273. The quantitative estimate of drug-likeness (QED) is 0.734. The van der Waals surface area contributed by atoms with Gasteiger partial charge in [-0.2, -0.15) is 0 Å². The highest BCUT2D eigenvalue weighted by molar-refractivity contribution is 5.95. The Morgan fingerprint density at radius 2 is 1.79 bits per heavy atom. The van der Waals surface area contributed by atoms with Crippen molar-refractivity contribution < 1.29 is 14.4 Å². The van der Waals surface area contributed by atoms with E-state index in [1.807, 2.05) is 12.1 Å². The van der Waals surface area contributed by atoms with Crippen LogP contribution < -0.4 is 16.0 Å². The number of amides is 4. The summed E-state index contributed by atoms with van der Waals surface area (Å²) in [5.41, 5.74) is 1.32. The number of piperazine rings is 2. The fourth-order valence-corrected chi connectivity index (χ4v) is 4.27. The van der Waals surface area contributed by atoms with E-state index in [9.17, 15) is 14.4 Å². The van der Waals surface area contributed by atoms with Gasteiger partial charge in [0.25, 0.3) is 0 Å². The number of benzene rings is 1. The van der Waals surface area contributed by atoms with E-state index in [2.05, 4.69) is 20.9 Å². The van der Waals surface area contributed by atoms with Gasteiger partial charge in [0.1, 0.15) is 6.04 Å². The molecule has 0 unspecified atom stereocenters. The normalized spacial score (nSPS) is 23.1. The van der Waals surface area contributed by atoms with E-state index in [1.165, 1.54) is 0 Å². The zero-order valence-corrected chi connectivity index (χ0v) is 15.9. The Labute approximate surface area is 164 Å². The summed E-state index contributed by atoms with van der Waals surface area (Å²) in [5.74, 6) is 0.136. The van der Waals surface area contributed by atoms with Gasteiger partial charge in [0.2, 0.25) is 11.8 Å². The van der Waals surface area contributed by atoms with Gasteiger partial charge in [-0.25, -0.2) is 4.79 Å². The van der Waals surface area contributed by atoms with Crippen LogP contribution in [0.1, 0.15) is 25.7 Å². The lowest BCUT2D eigenvalue weighted by Gasteiger charge is -2.42. The van der Waals surface area contributed by atoms with E-state index in [0.29, 0.717) is 37.6 Å². The number of anilines is 2. The van der Waals surface area contributed by atoms with Crippen LogP contribution in [0.15, 0.2) is 24.3 Å². The summed E-state index contributed by atoms with van der Waals surface area (Å²) in [4.78, 5) is 40.8. The van der Waals surface area contributed by atoms with Crippen molar-refractivity contribution >= 4 is 29.2 Å². The average molecular weight is 385 g/mol. The van der Waals surface area contributed by atoms with Gasteiger partial charge in [-0.15, -0.1) is 0 Å². The van der Waals surface area contributed by atoms with Crippen LogP contribution in [-0.2, 0) is 9.59 Å². The monoisotopic (exact) mass is 385 g/mol. The molecule has 1 saturated carbocycles. The molecule has 8 nitrogen and oxygen atoms in total. The third kappa shape index (κ3) is 4.11. The van der Waals surface area contributed by atoms with E-state index >= 15 is 0 Å². The van der Waals surface area contributed by atoms with Crippen LogP contribution in [0, 0.1) is 5.92 Å². The van der Waals surface area contributed by atoms with Crippen LogP contribution in [-0.4, -0.2) is 66.4 Å². The zero-order chi connectivity index (χ0) is 19.5. The van der Waals surface area contributed by atoms with Crippen LogP contribution in [0.25, 0.3) is 0 Å². The van der Waals surface area contributed by atoms with Crippen LogP contribution in [0.3, 0.4) is 0 Å². The Bertz CT molecular complexity index is 762. The first-order chi connectivity index (χ1) is 13.6. The van der Waals surface area contributed by atoms with Gasteiger partial charge < -0.3 is 20.9 Å². The largest absolute Gasteiger partial charge is 0.353 e. The molecule has 1 aromatic rings. The highest BCUT2D eigenvalue weighted by Gasteiger charge is 2.36. The van der Waals surface area contributed by atoms with Crippen molar-refractivity contribution in [2.24, 2.45) is 5.92 Å². The van der Waals surface area contributed by atoms with Gasteiger partial charge in [0.15, 0.2) is 0 Å². The Kier molecular flexibility index (Phi) is 5.47. The Balaban J connectivity index is 1.35. The maximum atomic E-state index is 12.7. The summed E-state index contributed by atoms with van der Waals surface area (Å²) >= 11 is 0. The lowest BCUT2D eigenvalue weighted by molar-refractivity contribution is -0.131. The van der Waals surface area contributed by atoms with E-state index in [1.54, 1.807) is 17.0 Å². The van der Waals surface area contributed by atoms with E-state index in [4.69, 9.17) is 0 Å². The smallest absolute Gasteiger partial charge is 0.321 e. The first kappa shape index (κ1) is 18.7. The van der Waals surface area contributed by atoms with Crippen LogP contribution in [0.4, 0.5) is 16.2 Å². The molecule has 4 amide bonds. The number of fused-ring (bicyclic) bond motifs is 1. The summed E-state index contributed by atoms with van der Waals surface area (Å²) in [7, 11) is 0. The Hall–Kier alpha value is -2.61. The molecule has 1 aromatic carbocycles. The lowest BCUT2D eigenvalue weighted by Crippen LogP contribution is -2.64. The number of nitrogens with zero attached hydrogens (tertiary/aromatic N) is 2. The molecule has 8 heteroatoms. The third-order valence-electron chi connectivity index (χ3n) is 5.89. The summed E-state index contributed by atoms with van der Waals surface area (Å²) in [6.07, 6.45) is 4.12. The molecule has 150 valence electrons. The molecule has 4 rings (SSSR count). The van der Waals surface area contributed by atoms with Gasteiger partial charge in [0, 0.05) is 50.0 Å². The summed E-state index contributed by atoms with van der Waals surface area (Å²) in [6, 6.07) is 6.71. The first-order valence-corrected chi connectivity index (χ1v) is 10.1. The Morgan fingerprint density at radius 1 is 1.04 bits per heavy atom. The van der Waals surface area contributed by atoms with Gasteiger partial charge in [-0.05, 0) is 31.0 Å². The molecule has 2 heterocycles. The molecule has 2 aliphatic heterocycles. The van der Waals surface area contributed by atoms with Crippen molar-refractivity contribution in [3.63, 3.8) is 0 Å². The second-order valence-electron chi connectivity index (χ2n) is 7.77. The second-order valence-corrected chi connectivity index (χ2v) is 7.77. The van der Waals surface area contributed by atoms with E-state index in [-0.39, 0.29) is 29.8 Å². The zero-order valence-electron chi connectivity index (χ0n) is 15.9. The Morgan fingerprint density at radius 3 is 2.57 bits per heavy atom. The topological polar surface area (TPSA) is 93.8 Å². The second kappa shape index (κ2) is 8.18. The number of rotatable bonds is 3. The minimum absolute atomic E-state index is 0.0135. The van der Waals surface area contributed by atoms with Crippen LogP contribution >= 0.6 is 0 Å². The van der Waals surface area contributed by atoms with Crippen molar-refractivity contribution in [3.8, 4) is 0 Å². The molecular formula is C20H27N5O3. The molecule has 28 heavy (non-hydrogen) atoms. The van der Waals surface area contributed by atoms with Crippen molar-refractivity contribution in [3.05, 3.63) is 24.3 Å². The summed E-state index contributed by atoms with van der Waals surface area (Å²) in [5, 5.41) is 8.71. The number of hydrogen-bond donors (Lipinski definition) is 3. The fraction of sp³-hybridized carbons (Fsp3) is 0.550. The molecule has 1 atom stereocenters. The molecule has 2 saturated heterocycles. The molecule has 3 N–H and O–H groups in total. The molecule has 0 bridgehead atoms. The van der Waals surface area contributed by atoms with Crippen molar-refractivity contribution in [1.29, 1.82) is 0 Å². The van der Waals surface area contributed by atoms with Crippen LogP contribution in [0.5, 0.6) is 0 Å². The number of carbonyl (C=O) groups excluding carboxylic acids is 3. The number of hydrogen-bond acceptors (Lipinski definition) is 4. The molecule has 0 radical (unpaired) electrons. The van der Waals surface area contributed by atoms with Crippen molar-refractivity contribution in [1.82, 2.24) is 15.1 Å². The van der Waals surface area contributed by atoms with E-state index in [0.717, 1.165) is 32.2 Å². The molecule has 3 aliphatic rings. The predicted molar refractivity (Wildman–Crippen MR) is 106 cm³/mol. The standard InChI is InChI=1S/C20H27N5O3/c26-18(14-4-1-2-5-14)22-15-6-3-7-16(12-15)23-20(28)25-11-10-24-9-8-21-19(27)17(24)13-25/h3,6-7,12,14,17H,1-2,4-5,8-11,13H2,(H,21,27)(H,22,26)(H,23,28)/t17-/m0/s1. The highest BCUT2D eigenvalue weighted by atomic mass is 16.2. The number of carbonyl (C=O) groups is 3. The number of urea groups is 1. The lowest BCUT2D eigenvalue weighted by atomic mass is 10.1. The maximum Gasteiger partial charge on any atom is 0.321 e. The van der Waals surface area contributed by atoms with Gasteiger partial charge in [0.05, 0.1) is 0 Å². The van der Waals surface area contributed by atoms with Gasteiger partial charge in [-0.3, -0.25) is 14.5 Å². The first-order valence-electron chi connectivity index (χ1n) is 10.1. The predicted octanol–water partition coefficient (Wildman–Crippen LogP) is 1.46. The molecular weight excluding hydrogens is 358 g/mol. The SMILES string of the molecule is O=C(Nc1cccc(NC(=O)N2CCN3CCNC(=O)[C@@H]3C2)c1)C1CCCC1. The number of nitrogens with one attached hydrogen (secondary N) is 3. The molecule has 0 spiro atoms. The van der Waals surface area contributed by atoms with Crippen molar-refractivity contribution in [2.75, 3.05) is 43.4 Å². The minimum Gasteiger partial charge on any atom is -0.353 e. The van der Waals surface area contributed by atoms with Crippen molar-refractivity contribution in [2.45, 2.75) is 31.7 Å². The van der Waals surface area contributed by atoms with E-state index < -0.39 is 0 Å². The average Bonchev–Trinajstić information content (AvgIpc) is 3.23. The third-order valence-corrected chi connectivity index (χ3v) is 5.89. The van der Waals surface area contributed by atoms with Gasteiger partial charge in [-0.1, -0.05) is 18.9 Å². The fourth-order valence-electron chi connectivity index (χ4n) is 4.27.